The van der Waals surface area contributed by atoms with Crippen LogP contribution in [0.1, 0.15) is 43.0 Å². The van der Waals surface area contributed by atoms with Gasteiger partial charge >= 0.3 is 0 Å². The van der Waals surface area contributed by atoms with E-state index >= 15 is 0 Å². The molecule has 4 aliphatic rings. The molecule has 1 aliphatic heterocycles. The highest BCUT2D eigenvalue weighted by atomic mass is 19.1. The van der Waals surface area contributed by atoms with E-state index in [9.17, 15) is 13.6 Å². The lowest BCUT2D eigenvalue weighted by molar-refractivity contribution is -0.223. The summed E-state index contributed by atoms with van der Waals surface area (Å²) in [4.78, 5) is 13.1. The Kier molecular flexibility index (Phi) is 3.36. The average molecular weight is 370 g/mol. The second-order valence-corrected chi connectivity index (χ2v) is 8.37. The number of aryl methyl sites for hydroxylation is 1. The number of hydrazone groups is 1. The standard InChI is InChI=1S/C20H20F2N4O/c1-13-3-5-25(24-13)12-19-9-20(10-19,11-19)18(27)26-17(2-4-23-26)14-6-15(21)8-16(22)7-14/h3-8,17H,2,9-12H2,1H3. The van der Waals surface area contributed by atoms with Gasteiger partial charge in [-0.2, -0.15) is 10.2 Å². The predicted octanol–water partition coefficient (Wildman–Crippen LogP) is 3.60. The van der Waals surface area contributed by atoms with E-state index in [4.69, 9.17) is 0 Å². The van der Waals surface area contributed by atoms with E-state index in [0.717, 1.165) is 37.6 Å². The van der Waals surface area contributed by atoms with Gasteiger partial charge in [0.1, 0.15) is 11.6 Å². The number of carbonyl (C=O) groups excluding carboxylic acids is 1. The maximum atomic E-state index is 13.6. The summed E-state index contributed by atoms with van der Waals surface area (Å²) in [5.74, 6) is -1.30. The van der Waals surface area contributed by atoms with Crippen molar-refractivity contribution in [2.45, 2.75) is 45.2 Å². The first-order chi connectivity index (χ1) is 12.9. The molecule has 0 N–H and O–H groups in total. The zero-order valence-corrected chi connectivity index (χ0v) is 15.0. The van der Waals surface area contributed by atoms with E-state index in [1.165, 1.54) is 17.1 Å². The molecule has 27 heavy (non-hydrogen) atoms. The summed E-state index contributed by atoms with van der Waals surface area (Å²) in [5.41, 5.74) is 1.22. The van der Waals surface area contributed by atoms with Gasteiger partial charge in [-0.25, -0.2) is 13.8 Å². The molecular weight excluding hydrogens is 350 g/mol. The first-order valence-corrected chi connectivity index (χ1v) is 9.20. The summed E-state index contributed by atoms with van der Waals surface area (Å²) < 4.78 is 29.1. The third-order valence-electron chi connectivity index (χ3n) is 6.17. The fraction of sp³-hybridized carbons (Fsp3) is 0.450. The Bertz CT molecular complexity index is 927. The SMILES string of the molecule is Cc1ccn(CC23CC(C(=O)N4N=CCC4c4cc(F)cc(F)c4)(C2)C3)n1. The molecule has 0 spiro atoms. The Morgan fingerprint density at radius 3 is 2.56 bits per heavy atom. The van der Waals surface area contributed by atoms with Gasteiger partial charge in [-0.15, -0.1) is 0 Å². The molecule has 0 saturated heterocycles. The summed E-state index contributed by atoms with van der Waals surface area (Å²) in [6, 6.07) is 4.96. The number of hydrogen-bond donors (Lipinski definition) is 0. The molecule has 5 nitrogen and oxygen atoms in total. The summed E-state index contributed by atoms with van der Waals surface area (Å²) in [5, 5.41) is 10.1. The molecule has 1 unspecified atom stereocenters. The lowest BCUT2D eigenvalue weighted by Crippen LogP contribution is -2.68. The largest absolute Gasteiger partial charge is 0.272 e. The third-order valence-corrected chi connectivity index (χ3v) is 6.17. The lowest BCUT2D eigenvalue weighted by atomic mass is 9.34. The van der Waals surface area contributed by atoms with Crippen molar-refractivity contribution in [2.24, 2.45) is 15.9 Å². The third kappa shape index (κ3) is 2.51. The van der Waals surface area contributed by atoms with E-state index in [0.29, 0.717) is 12.0 Å². The molecule has 3 aliphatic carbocycles. The molecule has 0 radical (unpaired) electrons. The normalized spacial score (nSPS) is 30.9. The van der Waals surface area contributed by atoms with Crippen molar-refractivity contribution in [3.05, 3.63) is 53.4 Å². The van der Waals surface area contributed by atoms with E-state index in [1.54, 1.807) is 6.21 Å². The average Bonchev–Trinajstić information content (AvgIpc) is 3.16. The van der Waals surface area contributed by atoms with Crippen molar-refractivity contribution in [3.8, 4) is 0 Å². The van der Waals surface area contributed by atoms with Gasteiger partial charge in [0.15, 0.2) is 0 Å². The molecule has 1 atom stereocenters. The van der Waals surface area contributed by atoms with E-state index in [-0.39, 0.29) is 16.7 Å². The highest BCUT2D eigenvalue weighted by molar-refractivity contribution is 5.88. The van der Waals surface area contributed by atoms with Crippen LogP contribution in [0.3, 0.4) is 0 Å². The van der Waals surface area contributed by atoms with Gasteiger partial charge in [0.25, 0.3) is 0 Å². The fourth-order valence-corrected chi connectivity index (χ4v) is 5.18. The number of halogens is 2. The molecule has 6 rings (SSSR count). The Hall–Kier alpha value is -2.57. The topological polar surface area (TPSA) is 50.5 Å². The minimum Gasteiger partial charge on any atom is -0.272 e. The van der Waals surface area contributed by atoms with Gasteiger partial charge in [0.05, 0.1) is 17.2 Å². The molecule has 3 saturated carbocycles. The second-order valence-electron chi connectivity index (χ2n) is 8.37. The van der Waals surface area contributed by atoms with Crippen molar-refractivity contribution >= 4 is 12.1 Å². The van der Waals surface area contributed by atoms with Crippen LogP contribution in [0.2, 0.25) is 0 Å². The second kappa shape index (κ2) is 5.47. The Morgan fingerprint density at radius 1 is 1.22 bits per heavy atom. The van der Waals surface area contributed by atoms with E-state index in [1.807, 2.05) is 23.9 Å². The number of benzene rings is 1. The molecule has 3 fully saturated rings. The molecule has 140 valence electrons. The van der Waals surface area contributed by atoms with Crippen molar-refractivity contribution in [3.63, 3.8) is 0 Å². The first-order valence-electron chi connectivity index (χ1n) is 9.20. The predicted molar refractivity (Wildman–Crippen MR) is 94.7 cm³/mol. The van der Waals surface area contributed by atoms with Crippen LogP contribution >= 0.6 is 0 Å². The van der Waals surface area contributed by atoms with Gasteiger partial charge in [-0.1, -0.05) is 0 Å². The quantitative estimate of drug-likeness (QED) is 0.826. The van der Waals surface area contributed by atoms with Gasteiger partial charge in [0, 0.05) is 31.4 Å². The molecular formula is C20H20F2N4O. The molecule has 1 aromatic carbocycles. The molecule has 7 heteroatoms. The Labute approximate surface area is 155 Å². The van der Waals surface area contributed by atoms with Crippen LogP contribution in [0.25, 0.3) is 0 Å². The van der Waals surface area contributed by atoms with Crippen molar-refractivity contribution < 1.29 is 13.6 Å². The van der Waals surface area contributed by atoms with E-state index in [2.05, 4.69) is 10.2 Å². The number of nitrogens with zero attached hydrogens (tertiary/aromatic N) is 4. The summed E-state index contributed by atoms with van der Waals surface area (Å²) >= 11 is 0. The highest BCUT2D eigenvalue weighted by Crippen LogP contribution is 2.74. The number of rotatable bonds is 4. The zero-order valence-electron chi connectivity index (χ0n) is 15.0. The highest BCUT2D eigenvalue weighted by Gasteiger charge is 2.72. The van der Waals surface area contributed by atoms with Crippen molar-refractivity contribution in [1.82, 2.24) is 14.8 Å². The maximum Gasteiger partial charge on any atom is 0.249 e. The molecule has 2 bridgehead atoms. The molecule has 1 aromatic heterocycles. The number of hydrogen-bond acceptors (Lipinski definition) is 3. The zero-order chi connectivity index (χ0) is 18.8. The van der Waals surface area contributed by atoms with Crippen molar-refractivity contribution in [2.75, 3.05) is 0 Å². The van der Waals surface area contributed by atoms with Crippen LogP contribution < -0.4 is 0 Å². The number of aromatic nitrogens is 2. The summed E-state index contributed by atoms with van der Waals surface area (Å²) in [6.07, 6.45) is 6.58. The van der Waals surface area contributed by atoms with E-state index < -0.39 is 17.7 Å². The van der Waals surface area contributed by atoms with Gasteiger partial charge < -0.3 is 0 Å². The van der Waals surface area contributed by atoms with Crippen molar-refractivity contribution in [1.29, 1.82) is 0 Å². The van der Waals surface area contributed by atoms with Crippen LogP contribution in [0.4, 0.5) is 8.78 Å². The molecule has 2 heterocycles. The van der Waals surface area contributed by atoms with Crippen LogP contribution in [0.15, 0.2) is 35.6 Å². The summed E-state index contributed by atoms with van der Waals surface area (Å²) in [6.45, 7) is 2.79. The monoisotopic (exact) mass is 370 g/mol. The lowest BCUT2D eigenvalue weighted by Gasteiger charge is -2.69. The van der Waals surface area contributed by atoms with Crippen LogP contribution in [0.5, 0.6) is 0 Å². The fourth-order valence-electron chi connectivity index (χ4n) is 5.18. The maximum absolute atomic E-state index is 13.6. The van der Waals surface area contributed by atoms with Crippen LogP contribution in [0, 0.1) is 29.4 Å². The minimum absolute atomic E-state index is 0.0237. The van der Waals surface area contributed by atoms with Gasteiger partial charge in [-0.3, -0.25) is 9.48 Å². The Balaban J connectivity index is 1.30. The Morgan fingerprint density at radius 2 is 1.93 bits per heavy atom. The van der Waals surface area contributed by atoms with Crippen LogP contribution in [-0.4, -0.2) is 26.9 Å². The molecule has 2 aromatic rings. The number of amides is 1. The molecule has 1 amide bonds. The summed E-state index contributed by atoms with van der Waals surface area (Å²) in [7, 11) is 0. The minimum atomic E-state index is -0.636. The first kappa shape index (κ1) is 16.6. The van der Waals surface area contributed by atoms with Gasteiger partial charge in [-0.05, 0) is 55.4 Å². The van der Waals surface area contributed by atoms with Gasteiger partial charge in [0.2, 0.25) is 5.91 Å². The number of carbonyl (C=O) groups is 1. The smallest absolute Gasteiger partial charge is 0.249 e. The van der Waals surface area contributed by atoms with Crippen LogP contribution in [-0.2, 0) is 11.3 Å².